The third-order valence-corrected chi connectivity index (χ3v) is 4.82. The van der Waals surface area contributed by atoms with E-state index in [1.54, 1.807) is 0 Å². The molecule has 1 rings (SSSR count). The lowest BCUT2D eigenvalue weighted by Gasteiger charge is -2.35. The Morgan fingerprint density at radius 2 is 1.53 bits per heavy atom. The summed E-state index contributed by atoms with van der Waals surface area (Å²) in [7, 11) is -0.744. The molecule has 0 aliphatic carbocycles. The Morgan fingerprint density at radius 1 is 1.00 bits per heavy atom. The molecule has 0 bridgehead atoms. The van der Waals surface area contributed by atoms with E-state index < -0.39 is 10.8 Å². The molecular weight excluding hydrogens is 204 g/mol. The van der Waals surface area contributed by atoms with E-state index in [9.17, 15) is 4.21 Å². The molecule has 0 N–H and O–H groups in total. The third kappa shape index (κ3) is 2.93. The lowest BCUT2D eigenvalue weighted by Crippen LogP contribution is -2.27. The van der Waals surface area contributed by atoms with E-state index in [1.807, 2.05) is 0 Å². The topological polar surface area (TPSA) is 17.1 Å². The first-order valence-electron chi connectivity index (χ1n) is 5.76. The van der Waals surface area contributed by atoms with Gasteiger partial charge in [0.2, 0.25) is 0 Å². The van der Waals surface area contributed by atoms with Crippen LogP contribution in [0.4, 0.5) is 0 Å². The fourth-order valence-corrected chi connectivity index (χ4v) is 4.22. The molecule has 0 saturated heterocycles. The Balaban J connectivity index is 3.30. The van der Waals surface area contributed by atoms with Gasteiger partial charge in [-0.25, -0.2) is 0 Å². The second-order valence-electron chi connectivity index (χ2n) is 6.46. The molecule has 1 aliphatic rings. The molecule has 0 fully saturated rings. The van der Waals surface area contributed by atoms with Gasteiger partial charge < -0.3 is 0 Å². The molecule has 1 aliphatic heterocycles. The molecule has 0 aromatic carbocycles. The average molecular weight is 228 g/mol. The lowest BCUT2D eigenvalue weighted by molar-refractivity contribution is 0.439. The van der Waals surface area contributed by atoms with E-state index in [4.69, 9.17) is 0 Å². The predicted octanol–water partition coefficient (Wildman–Crippen LogP) is 3.88. The maximum Gasteiger partial charge on any atom is 0.0493 e. The van der Waals surface area contributed by atoms with E-state index in [0.717, 1.165) is 18.6 Å². The van der Waals surface area contributed by atoms with Crippen LogP contribution in [0, 0.1) is 10.8 Å². The van der Waals surface area contributed by atoms with Gasteiger partial charge >= 0.3 is 0 Å². The molecule has 0 aromatic heterocycles. The van der Waals surface area contributed by atoms with Crippen molar-refractivity contribution in [1.29, 1.82) is 0 Å². The smallest absolute Gasteiger partial charge is 0.0493 e. The Labute approximate surface area is 96.8 Å². The normalized spacial score (nSPS) is 24.5. The second-order valence-corrected chi connectivity index (χ2v) is 7.97. The van der Waals surface area contributed by atoms with Gasteiger partial charge in [0.05, 0.1) is 0 Å². The van der Waals surface area contributed by atoms with E-state index in [0.29, 0.717) is 0 Å². The zero-order valence-electron chi connectivity index (χ0n) is 10.9. The van der Waals surface area contributed by atoms with Crippen LogP contribution in [-0.4, -0.2) is 9.96 Å². The maximum absolute atomic E-state index is 12.2. The summed E-state index contributed by atoms with van der Waals surface area (Å²) in [5.41, 5.74) is 1.65. The number of allylic oxidation sites excluding steroid dienone is 2. The quantitative estimate of drug-likeness (QED) is 0.615. The summed E-state index contributed by atoms with van der Waals surface area (Å²) in [4.78, 5) is 1.21. The summed E-state index contributed by atoms with van der Waals surface area (Å²) in [6.07, 6.45) is 2.21. The molecule has 0 saturated carbocycles. The number of hydrogen-bond donors (Lipinski definition) is 0. The van der Waals surface area contributed by atoms with E-state index in [-0.39, 0.29) is 10.8 Å². The lowest BCUT2D eigenvalue weighted by atomic mass is 9.79. The molecule has 0 amide bonds. The molecule has 1 atom stereocenters. The zero-order chi connectivity index (χ0) is 11.9. The largest absolute Gasteiger partial charge is 0.255 e. The summed E-state index contributed by atoms with van der Waals surface area (Å²) in [5, 5.41) is 0. The Kier molecular flexibility index (Phi) is 3.49. The Morgan fingerprint density at radius 3 is 1.87 bits per heavy atom. The molecule has 15 heavy (non-hydrogen) atoms. The van der Waals surface area contributed by atoms with E-state index >= 15 is 0 Å². The van der Waals surface area contributed by atoms with Gasteiger partial charge in [0, 0.05) is 21.5 Å². The van der Waals surface area contributed by atoms with Crippen molar-refractivity contribution in [2.45, 2.75) is 54.4 Å². The van der Waals surface area contributed by atoms with Crippen LogP contribution in [0.2, 0.25) is 0 Å². The molecule has 2 heteroatoms. The van der Waals surface area contributed by atoms with Crippen molar-refractivity contribution in [3.8, 4) is 0 Å². The van der Waals surface area contributed by atoms with Crippen molar-refractivity contribution in [3.05, 3.63) is 10.5 Å². The number of rotatable bonds is 0. The highest BCUT2D eigenvalue weighted by Gasteiger charge is 2.33. The van der Waals surface area contributed by atoms with Crippen molar-refractivity contribution >= 4 is 10.8 Å². The van der Waals surface area contributed by atoms with Gasteiger partial charge in [0.1, 0.15) is 0 Å². The maximum atomic E-state index is 12.2. The van der Waals surface area contributed by atoms with Crippen LogP contribution in [0.1, 0.15) is 54.4 Å². The molecule has 1 nitrogen and oxygen atoms in total. The van der Waals surface area contributed by atoms with Crippen LogP contribution in [-0.2, 0) is 10.8 Å². The van der Waals surface area contributed by atoms with Gasteiger partial charge in [-0.3, -0.25) is 4.21 Å². The Hall–Kier alpha value is -0.110. The van der Waals surface area contributed by atoms with E-state index in [2.05, 4.69) is 41.5 Å². The molecular formula is C13H24OS. The minimum atomic E-state index is -0.744. The molecule has 88 valence electrons. The first-order chi connectivity index (χ1) is 6.64. The van der Waals surface area contributed by atoms with Crippen molar-refractivity contribution in [3.63, 3.8) is 0 Å². The molecule has 0 spiro atoms. The highest BCUT2D eigenvalue weighted by atomic mass is 32.2. The van der Waals surface area contributed by atoms with Crippen molar-refractivity contribution in [2.75, 3.05) is 5.75 Å². The standard InChI is InChI=1S/C13H24OS/c1-12(2,3)10-8-7-9-15(14)11(10)13(4,5)6/h7-9H2,1-6H3. The minimum absolute atomic E-state index is 0.0495. The first kappa shape index (κ1) is 13.0. The monoisotopic (exact) mass is 228 g/mol. The fraction of sp³-hybridized carbons (Fsp3) is 0.846. The molecule has 0 aromatic rings. The minimum Gasteiger partial charge on any atom is -0.255 e. The first-order valence-corrected chi connectivity index (χ1v) is 7.08. The highest BCUT2D eigenvalue weighted by Crippen LogP contribution is 2.43. The van der Waals surface area contributed by atoms with Gasteiger partial charge in [-0.1, -0.05) is 47.1 Å². The van der Waals surface area contributed by atoms with Crippen molar-refractivity contribution < 1.29 is 4.21 Å². The van der Waals surface area contributed by atoms with Gasteiger partial charge in [0.15, 0.2) is 0 Å². The number of hydrogen-bond acceptors (Lipinski definition) is 1. The SMILES string of the molecule is CC(C)(C)C1=C(C(C)(C)C)S(=O)CCC1. The summed E-state index contributed by atoms with van der Waals surface area (Å²) in [5.74, 6) is 0.853. The van der Waals surface area contributed by atoms with Crippen molar-refractivity contribution in [2.24, 2.45) is 10.8 Å². The van der Waals surface area contributed by atoms with Crippen LogP contribution in [0.15, 0.2) is 10.5 Å². The molecule has 0 radical (unpaired) electrons. The van der Waals surface area contributed by atoms with Crippen molar-refractivity contribution in [1.82, 2.24) is 0 Å². The van der Waals surface area contributed by atoms with Crippen LogP contribution in [0.3, 0.4) is 0 Å². The van der Waals surface area contributed by atoms with Crippen LogP contribution in [0.25, 0.3) is 0 Å². The Bertz CT molecular complexity index is 299. The fourth-order valence-electron chi connectivity index (χ4n) is 2.24. The molecule has 1 unspecified atom stereocenters. The van der Waals surface area contributed by atoms with Crippen LogP contribution in [0.5, 0.6) is 0 Å². The zero-order valence-corrected chi connectivity index (χ0v) is 11.8. The average Bonchev–Trinajstić information content (AvgIpc) is 1.99. The summed E-state index contributed by atoms with van der Waals surface area (Å²) in [6.45, 7) is 13.2. The predicted molar refractivity (Wildman–Crippen MR) is 68.2 cm³/mol. The summed E-state index contributed by atoms with van der Waals surface area (Å²) >= 11 is 0. The van der Waals surface area contributed by atoms with Gasteiger partial charge in [0.25, 0.3) is 0 Å². The summed E-state index contributed by atoms with van der Waals surface area (Å²) in [6, 6.07) is 0. The third-order valence-electron chi connectivity index (χ3n) is 2.84. The second kappa shape index (κ2) is 4.04. The van der Waals surface area contributed by atoms with Crippen LogP contribution >= 0.6 is 0 Å². The van der Waals surface area contributed by atoms with Gasteiger partial charge in [-0.2, -0.15) is 0 Å². The highest BCUT2D eigenvalue weighted by molar-refractivity contribution is 7.89. The van der Waals surface area contributed by atoms with Gasteiger partial charge in [-0.05, 0) is 23.7 Å². The summed E-state index contributed by atoms with van der Waals surface area (Å²) < 4.78 is 12.2. The van der Waals surface area contributed by atoms with Crippen LogP contribution < -0.4 is 0 Å². The molecule has 1 heterocycles. The van der Waals surface area contributed by atoms with E-state index in [1.165, 1.54) is 10.5 Å². The van der Waals surface area contributed by atoms with Gasteiger partial charge in [-0.15, -0.1) is 0 Å².